The van der Waals surface area contributed by atoms with Crippen LogP contribution in [0.15, 0.2) is 36.4 Å². The molecule has 0 aliphatic carbocycles. The Labute approximate surface area is 117 Å². The summed E-state index contributed by atoms with van der Waals surface area (Å²) in [6.45, 7) is 16.3. The Balaban J connectivity index is 2.52. The van der Waals surface area contributed by atoms with Crippen molar-refractivity contribution in [3.63, 3.8) is 0 Å². The summed E-state index contributed by atoms with van der Waals surface area (Å²) >= 11 is 0. The zero-order valence-corrected chi connectivity index (χ0v) is 12.9. The maximum absolute atomic E-state index is 5.80. The van der Waals surface area contributed by atoms with Crippen LogP contribution in [0.4, 0.5) is 0 Å². The lowest BCUT2D eigenvalue weighted by atomic mass is 9.87. The van der Waals surface area contributed by atoms with Gasteiger partial charge in [0.1, 0.15) is 12.4 Å². The van der Waals surface area contributed by atoms with Crippen LogP contribution in [-0.4, -0.2) is 19.2 Å². The Morgan fingerprint density at radius 2 is 2.00 bits per heavy atom. The summed E-state index contributed by atoms with van der Waals surface area (Å²) in [5.41, 5.74) is 2.50. The predicted molar refractivity (Wildman–Crippen MR) is 82.9 cm³/mol. The van der Waals surface area contributed by atoms with Crippen LogP contribution in [0.3, 0.4) is 0 Å². The van der Waals surface area contributed by atoms with E-state index in [0.29, 0.717) is 12.6 Å². The van der Waals surface area contributed by atoms with Gasteiger partial charge in [-0.3, -0.25) is 0 Å². The van der Waals surface area contributed by atoms with E-state index in [4.69, 9.17) is 4.74 Å². The third-order valence-corrected chi connectivity index (χ3v) is 2.90. The molecule has 0 heterocycles. The van der Waals surface area contributed by atoms with Crippen molar-refractivity contribution in [2.45, 2.75) is 46.1 Å². The second-order valence-electron chi connectivity index (χ2n) is 6.35. The lowest BCUT2D eigenvalue weighted by Gasteiger charge is -2.20. The van der Waals surface area contributed by atoms with Crippen molar-refractivity contribution >= 4 is 0 Å². The molecular weight excluding hydrogens is 234 g/mol. The van der Waals surface area contributed by atoms with E-state index in [1.807, 2.05) is 12.1 Å². The van der Waals surface area contributed by atoms with Crippen LogP contribution in [0.25, 0.3) is 0 Å². The first-order valence-electron chi connectivity index (χ1n) is 6.92. The lowest BCUT2D eigenvalue weighted by molar-refractivity contribution is 0.346. The molecule has 0 spiro atoms. The summed E-state index contributed by atoms with van der Waals surface area (Å²) in [4.78, 5) is 0. The first-order chi connectivity index (χ1) is 8.79. The van der Waals surface area contributed by atoms with Crippen LogP contribution < -0.4 is 10.1 Å². The van der Waals surface area contributed by atoms with Gasteiger partial charge in [-0.25, -0.2) is 0 Å². The molecule has 0 saturated carbocycles. The number of hydrogen-bond acceptors (Lipinski definition) is 2. The van der Waals surface area contributed by atoms with Gasteiger partial charge >= 0.3 is 0 Å². The van der Waals surface area contributed by atoms with Gasteiger partial charge in [0.15, 0.2) is 0 Å². The largest absolute Gasteiger partial charge is 0.489 e. The Kier molecular flexibility index (Phi) is 5.61. The molecule has 0 unspecified atom stereocenters. The van der Waals surface area contributed by atoms with Crippen LogP contribution >= 0.6 is 0 Å². The highest BCUT2D eigenvalue weighted by Crippen LogP contribution is 2.25. The second kappa shape index (κ2) is 6.76. The summed E-state index contributed by atoms with van der Waals surface area (Å²) in [6, 6.07) is 8.77. The molecule has 0 atom stereocenters. The van der Waals surface area contributed by atoms with Crippen molar-refractivity contribution in [3.8, 4) is 5.75 Å². The summed E-state index contributed by atoms with van der Waals surface area (Å²) < 4.78 is 5.80. The average molecular weight is 261 g/mol. The minimum atomic E-state index is 0.148. The predicted octanol–water partition coefficient (Wildman–Crippen LogP) is 3.92. The molecule has 0 radical (unpaired) electrons. The number of ether oxygens (including phenoxy) is 1. The maximum Gasteiger partial charge on any atom is 0.120 e. The average Bonchev–Trinajstić information content (AvgIpc) is 2.33. The van der Waals surface area contributed by atoms with Crippen molar-refractivity contribution < 1.29 is 4.74 Å². The quantitative estimate of drug-likeness (QED) is 0.784. The van der Waals surface area contributed by atoms with E-state index in [0.717, 1.165) is 17.9 Å². The Morgan fingerprint density at radius 1 is 1.32 bits per heavy atom. The van der Waals surface area contributed by atoms with Crippen molar-refractivity contribution in [2.75, 3.05) is 13.2 Å². The normalized spacial score (nSPS) is 11.7. The van der Waals surface area contributed by atoms with E-state index in [1.165, 1.54) is 5.56 Å². The maximum atomic E-state index is 5.80. The summed E-state index contributed by atoms with van der Waals surface area (Å²) in [6.07, 6.45) is 0. The molecule has 2 nitrogen and oxygen atoms in total. The fraction of sp³-hybridized carbons (Fsp3) is 0.529. The smallest absolute Gasteiger partial charge is 0.120 e. The van der Waals surface area contributed by atoms with Crippen LogP contribution in [0.1, 0.15) is 40.2 Å². The van der Waals surface area contributed by atoms with E-state index < -0.39 is 0 Å². The lowest BCUT2D eigenvalue weighted by Crippen LogP contribution is -2.26. The monoisotopic (exact) mass is 261 g/mol. The molecule has 0 aromatic heterocycles. The fourth-order valence-electron chi connectivity index (χ4n) is 1.64. The van der Waals surface area contributed by atoms with Crippen LogP contribution in [0, 0.1) is 0 Å². The molecule has 2 heteroatoms. The molecule has 0 bridgehead atoms. The van der Waals surface area contributed by atoms with E-state index in [1.54, 1.807) is 0 Å². The van der Waals surface area contributed by atoms with Crippen molar-refractivity contribution in [1.82, 2.24) is 5.32 Å². The molecule has 0 saturated heterocycles. The third-order valence-electron chi connectivity index (χ3n) is 2.90. The van der Waals surface area contributed by atoms with Crippen molar-refractivity contribution in [3.05, 3.63) is 42.0 Å². The second-order valence-corrected chi connectivity index (χ2v) is 6.35. The first kappa shape index (κ1) is 15.8. The van der Waals surface area contributed by atoms with Gasteiger partial charge in [0.25, 0.3) is 0 Å². The molecule has 1 rings (SSSR count). The van der Waals surface area contributed by atoms with E-state index >= 15 is 0 Å². The highest BCUT2D eigenvalue weighted by molar-refractivity contribution is 5.32. The van der Waals surface area contributed by atoms with Crippen molar-refractivity contribution in [2.24, 2.45) is 0 Å². The van der Waals surface area contributed by atoms with E-state index in [2.05, 4.69) is 58.6 Å². The molecule has 106 valence electrons. The summed E-state index contributed by atoms with van der Waals surface area (Å²) in [5.74, 6) is 0.915. The fourth-order valence-corrected chi connectivity index (χ4v) is 1.64. The van der Waals surface area contributed by atoms with Crippen molar-refractivity contribution in [1.29, 1.82) is 0 Å². The SMILES string of the molecule is C=C(CNC(C)C)COc1cccc(C(C)(C)C)c1. The van der Waals surface area contributed by atoms with E-state index in [9.17, 15) is 0 Å². The molecule has 1 N–H and O–H groups in total. The van der Waals surface area contributed by atoms with Crippen LogP contribution in [0.2, 0.25) is 0 Å². The Morgan fingerprint density at radius 3 is 2.58 bits per heavy atom. The van der Waals surface area contributed by atoms with Gasteiger partial charge in [-0.05, 0) is 28.7 Å². The standard InChI is InChI=1S/C17H27NO/c1-13(2)18-11-14(3)12-19-16-9-7-8-15(10-16)17(4,5)6/h7-10,13,18H,3,11-12H2,1-2,4-6H3. The van der Waals surface area contributed by atoms with Gasteiger partial charge in [-0.15, -0.1) is 0 Å². The summed E-state index contributed by atoms with van der Waals surface area (Å²) in [5, 5.41) is 3.34. The summed E-state index contributed by atoms with van der Waals surface area (Å²) in [7, 11) is 0. The number of rotatable bonds is 6. The topological polar surface area (TPSA) is 21.3 Å². The number of hydrogen-bond donors (Lipinski definition) is 1. The number of nitrogens with one attached hydrogen (secondary N) is 1. The number of benzene rings is 1. The minimum Gasteiger partial charge on any atom is -0.489 e. The van der Waals surface area contributed by atoms with Gasteiger partial charge in [0, 0.05) is 12.6 Å². The van der Waals surface area contributed by atoms with Gasteiger partial charge in [0.2, 0.25) is 0 Å². The molecule has 0 aliphatic heterocycles. The van der Waals surface area contributed by atoms with Gasteiger partial charge < -0.3 is 10.1 Å². The first-order valence-corrected chi connectivity index (χ1v) is 6.92. The Bertz CT molecular complexity index is 416. The molecule has 0 aliphatic rings. The molecule has 1 aromatic rings. The molecule has 0 amide bonds. The minimum absolute atomic E-state index is 0.148. The van der Waals surface area contributed by atoms with Crippen LogP contribution in [0.5, 0.6) is 5.75 Å². The van der Waals surface area contributed by atoms with Gasteiger partial charge in [-0.1, -0.05) is 53.3 Å². The molecular formula is C17H27NO. The van der Waals surface area contributed by atoms with Crippen LogP contribution in [-0.2, 0) is 5.41 Å². The van der Waals surface area contributed by atoms with Gasteiger partial charge in [-0.2, -0.15) is 0 Å². The zero-order chi connectivity index (χ0) is 14.5. The highest BCUT2D eigenvalue weighted by atomic mass is 16.5. The zero-order valence-electron chi connectivity index (χ0n) is 12.9. The molecule has 0 fully saturated rings. The Hall–Kier alpha value is -1.28. The van der Waals surface area contributed by atoms with Gasteiger partial charge in [0.05, 0.1) is 0 Å². The molecule has 19 heavy (non-hydrogen) atoms. The molecule has 1 aromatic carbocycles. The highest BCUT2D eigenvalue weighted by Gasteiger charge is 2.13. The van der Waals surface area contributed by atoms with E-state index in [-0.39, 0.29) is 5.41 Å². The third kappa shape index (κ3) is 5.93.